The summed E-state index contributed by atoms with van der Waals surface area (Å²) in [6, 6.07) is 14.0. The Labute approximate surface area is 247 Å². The summed E-state index contributed by atoms with van der Waals surface area (Å²) in [7, 11) is 1.64. The molecule has 43 heavy (non-hydrogen) atoms. The summed E-state index contributed by atoms with van der Waals surface area (Å²) in [5.74, 6) is 0.988. The Kier molecular flexibility index (Phi) is 6.71. The van der Waals surface area contributed by atoms with E-state index in [4.69, 9.17) is 9.84 Å². The standard InChI is InChI=1S/C31H30N10O2/c1-19-6-9-25(36-26-11-27(37-31(42)20-7-8-20)38-41-16-23(12-32)35-30(26)41)29(43-2)28(19)21-13-34-40(14-21)24-17-39(18-24)15-22-5-3-4-10-33-22/h3-6,9-11,13-14,16,20,24,36H,7-8,15,17-18H2,1-2H3,(H,37,38,42). The number of nitriles is 1. The second-order valence-corrected chi connectivity index (χ2v) is 11.1. The van der Waals surface area contributed by atoms with Crippen LogP contribution in [0, 0.1) is 24.2 Å². The van der Waals surface area contributed by atoms with Gasteiger partial charge in [-0.1, -0.05) is 12.1 Å². The van der Waals surface area contributed by atoms with Gasteiger partial charge in [0.2, 0.25) is 5.91 Å². The van der Waals surface area contributed by atoms with E-state index in [1.807, 2.05) is 54.3 Å². The summed E-state index contributed by atoms with van der Waals surface area (Å²) in [6.45, 7) is 4.68. The molecule has 1 aliphatic carbocycles. The van der Waals surface area contributed by atoms with E-state index in [0.29, 0.717) is 28.6 Å². The number of carbonyl (C=O) groups is 1. The largest absolute Gasteiger partial charge is 0.494 e. The highest BCUT2D eigenvalue weighted by Gasteiger charge is 2.31. The number of nitrogens with zero attached hydrogens (tertiary/aromatic N) is 8. The molecular weight excluding hydrogens is 544 g/mol. The number of hydrogen-bond acceptors (Lipinski definition) is 9. The van der Waals surface area contributed by atoms with Crippen LogP contribution in [0.1, 0.15) is 35.8 Å². The Morgan fingerprint density at radius 2 is 2.02 bits per heavy atom. The monoisotopic (exact) mass is 574 g/mol. The van der Waals surface area contributed by atoms with Crippen LogP contribution >= 0.6 is 0 Å². The van der Waals surface area contributed by atoms with Crippen molar-refractivity contribution in [3.8, 4) is 22.9 Å². The summed E-state index contributed by atoms with van der Waals surface area (Å²) in [5.41, 5.74) is 5.94. The molecule has 5 heterocycles. The van der Waals surface area contributed by atoms with E-state index in [1.54, 1.807) is 13.2 Å². The van der Waals surface area contributed by atoms with Crippen LogP contribution in [0.5, 0.6) is 5.75 Å². The number of aryl methyl sites for hydroxylation is 1. The number of rotatable bonds is 9. The number of aromatic nitrogens is 6. The summed E-state index contributed by atoms with van der Waals surface area (Å²) in [4.78, 5) is 23.7. The minimum atomic E-state index is -0.0584. The number of hydrogen-bond donors (Lipinski definition) is 2. The molecule has 1 aromatic carbocycles. The second kappa shape index (κ2) is 10.8. The molecule has 1 saturated heterocycles. The maximum Gasteiger partial charge on any atom is 0.228 e. The molecule has 4 aromatic heterocycles. The number of anilines is 3. The molecule has 0 radical (unpaired) electrons. The van der Waals surface area contributed by atoms with Crippen molar-refractivity contribution in [3.63, 3.8) is 0 Å². The van der Waals surface area contributed by atoms with E-state index in [1.165, 1.54) is 10.7 Å². The van der Waals surface area contributed by atoms with Gasteiger partial charge in [0.1, 0.15) is 11.8 Å². The fourth-order valence-corrected chi connectivity index (χ4v) is 5.48. The van der Waals surface area contributed by atoms with Gasteiger partial charge >= 0.3 is 0 Å². The maximum absolute atomic E-state index is 12.5. The lowest BCUT2D eigenvalue weighted by molar-refractivity contribution is -0.117. The highest BCUT2D eigenvalue weighted by atomic mass is 16.5. The van der Waals surface area contributed by atoms with Gasteiger partial charge in [0.05, 0.1) is 42.6 Å². The molecule has 1 amide bonds. The number of amides is 1. The van der Waals surface area contributed by atoms with Gasteiger partial charge in [-0.25, -0.2) is 9.50 Å². The van der Waals surface area contributed by atoms with Crippen molar-refractivity contribution >= 4 is 28.7 Å². The van der Waals surface area contributed by atoms with Crippen LogP contribution in [0.3, 0.4) is 0 Å². The van der Waals surface area contributed by atoms with E-state index in [2.05, 4.69) is 42.9 Å². The van der Waals surface area contributed by atoms with Crippen LogP contribution in [0.25, 0.3) is 16.8 Å². The van der Waals surface area contributed by atoms with Crippen LogP contribution in [-0.4, -0.2) is 60.4 Å². The lowest BCUT2D eigenvalue weighted by atomic mass is 10.0. The van der Waals surface area contributed by atoms with E-state index >= 15 is 0 Å². The molecule has 0 spiro atoms. The van der Waals surface area contributed by atoms with Crippen molar-refractivity contribution in [3.05, 3.63) is 78.1 Å². The Hall–Kier alpha value is -5.28. The maximum atomic E-state index is 12.5. The fourth-order valence-electron chi connectivity index (χ4n) is 5.48. The van der Waals surface area contributed by atoms with E-state index in [-0.39, 0.29) is 23.6 Å². The van der Waals surface area contributed by atoms with Gasteiger partial charge in [0.15, 0.2) is 17.2 Å². The molecule has 5 aromatic rings. The van der Waals surface area contributed by atoms with Crippen LogP contribution in [-0.2, 0) is 11.3 Å². The summed E-state index contributed by atoms with van der Waals surface area (Å²) < 4.78 is 9.50. The summed E-state index contributed by atoms with van der Waals surface area (Å²) >= 11 is 0. The van der Waals surface area contributed by atoms with E-state index in [0.717, 1.165) is 54.9 Å². The number of likely N-dealkylation sites (tertiary alicyclic amines) is 1. The quantitative estimate of drug-likeness (QED) is 0.263. The zero-order valence-corrected chi connectivity index (χ0v) is 23.9. The molecule has 0 atom stereocenters. The van der Waals surface area contributed by atoms with Gasteiger partial charge in [-0.2, -0.15) is 10.4 Å². The molecule has 7 rings (SSSR count). The van der Waals surface area contributed by atoms with Gasteiger partial charge in [0.25, 0.3) is 0 Å². The molecule has 2 N–H and O–H groups in total. The first-order chi connectivity index (χ1) is 21.0. The first kappa shape index (κ1) is 26.6. The van der Waals surface area contributed by atoms with Gasteiger partial charge < -0.3 is 15.4 Å². The fraction of sp³-hybridized carbons (Fsp3) is 0.290. The first-order valence-electron chi connectivity index (χ1n) is 14.2. The molecule has 2 fully saturated rings. The Morgan fingerprint density at radius 3 is 2.77 bits per heavy atom. The van der Waals surface area contributed by atoms with Crippen LogP contribution in [0.15, 0.2) is 61.2 Å². The van der Waals surface area contributed by atoms with Crippen LogP contribution in [0.2, 0.25) is 0 Å². The highest BCUT2D eigenvalue weighted by Crippen LogP contribution is 2.41. The average Bonchev–Trinajstić information content (AvgIpc) is 3.60. The number of fused-ring (bicyclic) bond motifs is 1. The van der Waals surface area contributed by atoms with Crippen molar-refractivity contribution in [2.75, 3.05) is 30.8 Å². The average molecular weight is 575 g/mol. The summed E-state index contributed by atoms with van der Waals surface area (Å²) in [5, 5.41) is 24.9. The number of ether oxygens (including phenoxy) is 1. The second-order valence-electron chi connectivity index (χ2n) is 11.1. The number of pyridine rings is 1. The lowest BCUT2D eigenvalue weighted by Crippen LogP contribution is -2.47. The van der Waals surface area contributed by atoms with Crippen molar-refractivity contribution < 1.29 is 9.53 Å². The van der Waals surface area contributed by atoms with E-state index in [9.17, 15) is 10.1 Å². The van der Waals surface area contributed by atoms with Gasteiger partial charge in [-0.3, -0.25) is 19.4 Å². The lowest BCUT2D eigenvalue weighted by Gasteiger charge is -2.38. The third kappa shape index (κ3) is 5.26. The van der Waals surface area contributed by atoms with Crippen molar-refractivity contribution in [2.24, 2.45) is 5.92 Å². The number of imidazole rings is 1. The van der Waals surface area contributed by atoms with Crippen molar-refractivity contribution in [1.82, 2.24) is 34.3 Å². The minimum absolute atomic E-state index is 0.0240. The Morgan fingerprint density at radius 1 is 1.16 bits per heavy atom. The SMILES string of the molecule is COc1c(Nc2cc(NC(=O)C3CC3)nn3cc(C#N)nc23)ccc(C)c1-c1cnn(C2CN(Cc3ccccn3)C2)c1. The summed E-state index contributed by atoms with van der Waals surface area (Å²) in [6.07, 6.45) is 9.08. The van der Waals surface area contributed by atoms with Crippen molar-refractivity contribution in [2.45, 2.75) is 32.4 Å². The topological polar surface area (TPSA) is 138 Å². The number of methoxy groups -OCH3 is 1. The third-order valence-electron chi connectivity index (χ3n) is 7.89. The molecule has 2 aliphatic rings. The zero-order chi connectivity index (χ0) is 29.5. The Bertz CT molecular complexity index is 1860. The molecule has 12 heteroatoms. The predicted molar refractivity (Wildman–Crippen MR) is 160 cm³/mol. The molecule has 1 aliphatic heterocycles. The van der Waals surface area contributed by atoms with Crippen LogP contribution in [0.4, 0.5) is 17.2 Å². The molecule has 0 unspecified atom stereocenters. The Balaban J connectivity index is 1.16. The zero-order valence-electron chi connectivity index (χ0n) is 23.9. The van der Waals surface area contributed by atoms with E-state index < -0.39 is 0 Å². The number of carbonyl (C=O) groups excluding carboxylic acids is 1. The smallest absolute Gasteiger partial charge is 0.228 e. The van der Waals surface area contributed by atoms with Gasteiger partial charge in [-0.15, -0.1) is 5.10 Å². The molecular formula is C31H30N10O2. The van der Waals surface area contributed by atoms with Gasteiger partial charge in [0, 0.05) is 55.1 Å². The van der Waals surface area contributed by atoms with Crippen molar-refractivity contribution in [1.29, 1.82) is 5.26 Å². The van der Waals surface area contributed by atoms with Crippen LogP contribution < -0.4 is 15.4 Å². The molecule has 216 valence electrons. The number of nitrogens with one attached hydrogen (secondary N) is 2. The number of benzene rings is 1. The molecule has 1 saturated carbocycles. The normalized spacial score (nSPS) is 15.2. The molecule has 12 nitrogen and oxygen atoms in total. The third-order valence-corrected chi connectivity index (χ3v) is 7.89. The molecule has 0 bridgehead atoms. The minimum Gasteiger partial charge on any atom is -0.494 e. The van der Waals surface area contributed by atoms with Gasteiger partial charge in [-0.05, 0) is 43.5 Å². The predicted octanol–water partition coefficient (Wildman–Crippen LogP) is 4.33. The first-order valence-corrected chi connectivity index (χ1v) is 14.2. The highest BCUT2D eigenvalue weighted by molar-refractivity contribution is 5.94.